The molecule has 0 radical (unpaired) electrons. The van der Waals surface area contributed by atoms with E-state index >= 15 is 0 Å². The molecule has 2 N–H and O–H groups in total. The second kappa shape index (κ2) is 15.5. The number of nitrogens with two attached hydrogens (primary N) is 1. The lowest BCUT2D eigenvalue weighted by molar-refractivity contribution is 0.125. The van der Waals surface area contributed by atoms with Crippen molar-refractivity contribution in [3.05, 3.63) is 23.8 Å². The van der Waals surface area contributed by atoms with Gasteiger partial charge in [-0.1, -0.05) is 64.0 Å². The summed E-state index contributed by atoms with van der Waals surface area (Å²) in [4.78, 5) is 5.05. The van der Waals surface area contributed by atoms with Gasteiger partial charge in [-0.15, -0.1) is 0 Å². The van der Waals surface area contributed by atoms with E-state index in [1.807, 2.05) is 6.07 Å². The van der Waals surface area contributed by atoms with Crippen molar-refractivity contribution in [2.45, 2.75) is 71.3 Å². The summed E-state index contributed by atoms with van der Waals surface area (Å²) in [6, 6.07) is 6.28. The van der Waals surface area contributed by atoms with E-state index in [-0.39, 0.29) is 0 Å². The Morgan fingerprint density at radius 1 is 0.867 bits per heavy atom. The quantitative estimate of drug-likeness (QED) is 0.394. The van der Waals surface area contributed by atoms with Gasteiger partial charge in [0, 0.05) is 38.3 Å². The van der Waals surface area contributed by atoms with Crippen LogP contribution in [0.15, 0.2) is 18.2 Å². The van der Waals surface area contributed by atoms with Gasteiger partial charge in [0.1, 0.15) is 0 Å². The normalized spacial score (nSPS) is 15.4. The van der Waals surface area contributed by atoms with Gasteiger partial charge < -0.3 is 20.1 Å². The maximum absolute atomic E-state index is 6.24. The Labute approximate surface area is 184 Å². The van der Waals surface area contributed by atoms with Crippen molar-refractivity contribution < 1.29 is 9.47 Å². The van der Waals surface area contributed by atoms with E-state index in [1.165, 1.54) is 50.5 Å². The molecule has 0 saturated carbocycles. The van der Waals surface area contributed by atoms with Crippen LogP contribution in [-0.4, -0.2) is 62.8 Å². The standard InChI is InChI=1S/C25H45N3O2/c1-3-4-5-6-7-8-9-10-21-30-25-23(13-11-14-24(25)29-2)22-28-19-17-27(18-20-28)16-12-15-26/h11,13-14H,3-10,12,15-22,26H2,1-2H3. The van der Waals surface area contributed by atoms with Crippen LogP contribution in [0.25, 0.3) is 0 Å². The van der Waals surface area contributed by atoms with Crippen LogP contribution < -0.4 is 15.2 Å². The molecule has 5 heteroatoms. The minimum Gasteiger partial charge on any atom is -0.493 e. The van der Waals surface area contributed by atoms with Gasteiger partial charge in [0.05, 0.1) is 13.7 Å². The topological polar surface area (TPSA) is 51.0 Å². The summed E-state index contributed by atoms with van der Waals surface area (Å²) in [6.45, 7) is 10.3. The molecule has 1 aliphatic rings. The Morgan fingerprint density at radius 2 is 1.53 bits per heavy atom. The monoisotopic (exact) mass is 419 g/mol. The molecule has 1 heterocycles. The first-order valence-electron chi connectivity index (χ1n) is 12.2. The Morgan fingerprint density at radius 3 is 2.20 bits per heavy atom. The summed E-state index contributed by atoms with van der Waals surface area (Å²) in [5.41, 5.74) is 6.89. The summed E-state index contributed by atoms with van der Waals surface area (Å²) in [5.74, 6) is 1.79. The fourth-order valence-corrected chi connectivity index (χ4v) is 4.15. The van der Waals surface area contributed by atoms with Crippen LogP contribution in [-0.2, 0) is 6.54 Å². The number of hydrogen-bond acceptors (Lipinski definition) is 5. The molecule has 30 heavy (non-hydrogen) atoms. The molecular weight excluding hydrogens is 374 g/mol. The summed E-state index contributed by atoms with van der Waals surface area (Å²) in [5, 5.41) is 0. The van der Waals surface area contributed by atoms with Crippen LogP contribution in [0.1, 0.15) is 70.3 Å². The van der Waals surface area contributed by atoms with E-state index < -0.39 is 0 Å². The van der Waals surface area contributed by atoms with Crippen LogP contribution in [0.2, 0.25) is 0 Å². The first-order valence-corrected chi connectivity index (χ1v) is 12.2. The predicted molar refractivity (Wildman–Crippen MR) is 126 cm³/mol. The highest BCUT2D eigenvalue weighted by molar-refractivity contribution is 5.46. The second-order valence-corrected chi connectivity index (χ2v) is 8.53. The molecular formula is C25H45N3O2. The Balaban J connectivity index is 1.76. The van der Waals surface area contributed by atoms with Gasteiger partial charge in [0.15, 0.2) is 11.5 Å². The maximum atomic E-state index is 6.24. The van der Waals surface area contributed by atoms with E-state index in [1.54, 1.807) is 7.11 Å². The lowest BCUT2D eigenvalue weighted by atomic mass is 10.1. The molecule has 2 rings (SSSR count). The SMILES string of the molecule is CCCCCCCCCCOc1c(CN2CCN(CCCN)CC2)cccc1OC. The molecule has 172 valence electrons. The Bertz CT molecular complexity index is 559. The first-order chi connectivity index (χ1) is 14.8. The molecule has 0 atom stereocenters. The van der Waals surface area contributed by atoms with E-state index in [9.17, 15) is 0 Å². The van der Waals surface area contributed by atoms with Gasteiger partial charge in [-0.25, -0.2) is 0 Å². The molecule has 0 bridgehead atoms. The number of hydrogen-bond donors (Lipinski definition) is 1. The van der Waals surface area contributed by atoms with Gasteiger partial charge in [-0.05, 0) is 32.0 Å². The van der Waals surface area contributed by atoms with Crippen LogP contribution in [0.4, 0.5) is 0 Å². The van der Waals surface area contributed by atoms with Gasteiger partial charge in [0.2, 0.25) is 0 Å². The molecule has 0 spiro atoms. The molecule has 1 saturated heterocycles. The lowest BCUT2D eigenvalue weighted by Crippen LogP contribution is -2.46. The van der Waals surface area contributed by atoms with Crippen molar-refractivity contribution >= 4 is 0 Å². The van der Waals surface area contributed by atoms with Crippen LogP contribution in [0, 0.1) is 0 Å². The van der Waals surface area contributed by atoms with Crippen molar-refractivity contribution in [1.29, 1.82) is 0 Å². The summed E-state index contributed by atoms with van der Waals surface area (Å²) < 4.78 is 11.9. The van der Waals surface area contributed by atoms with Crippen molar-refractivity contribution in [2.75, 3.05) is 53.0 Å². The van der Waals surface area contributed by atoms with Gasteiger partial charge >= 0.3 is 0 Å². The molecule has 1 aliphatic heterocycles. The van der Waals surface area contributed by atoms with E-state index in [0.29, 0.717) is 0 Å². The predicted octanol–water partition coefficient (Wildman–Crippen LogP) is 4.68. The maximum Gasteiger partial charge on any atom is 0.165 e. The minimum atomic E-state index is 0.773. The zero-order valence-electron chi connectivity index (χ0n) is 19.5. The van der Waals surface area contributed by atoms with Crippen molar-refractivity contribution in [2.24, 2.45) is 5.73 Å². The average molecular weight is 420 g/mol. The number of ether oxygens (including phenoxy) is 2. The average Bonchev–Trinajstić information content (AvgIpc) is 2.78. The van der Waals surface area contributed by atoms with E-state index in [2.05, 4.69) is 28.9 Å². The number of unbranched alkanes of at least 4 members (excludes halogenated alkanes) is 7. The van der Waals surface area contributed by atoms with Crippen LogP contribution in [0.3, 0.4) is 0 Å². The van der Waals surface area contributed by atoms with Crippen LogP contribution in [0.5, 0.6) is 11.5 Å². The molecule has 1 aromatic rings. The van der Waals surface area contributed by atoms with Crippen molar-refractivity contribution in [3.8, 4) is 11.5 Å². The zero-order valence-corrected chi connectivity index (χ0v) is 19.5. The van der Waals surface area contributed by atoms with Crippen LogP contribution >= 0.6 is 0 Å². The number of nitrogens with zero attached hydrogens (tertiary/aromatic N) is 2. The molecule has 0 unspecified atom stereocenters. The number of rotatable bonds is 16. The van der Waals surface area contributed by atoms with Crippen molar-refractivity contribution in [3.63, 3.8) is 0 Å². The summed E-state index contributed by atoms with van der Waals surface area (Å²) in [7, 11) is 1.73. The largest absolute Gasteiger partial charge is 0.493 e. The number of piperazine rings is 1. The number of methoxy groups -OCH3 is 1. The summed E-state index contributed by atoms with van der Waals surface area (Å²) >= 11 is 0. The van der Waals surface area contributed by atoms with E-state index in [4.69, 9.17) is 15.2 Å². The number of para-hydroxylation sites is 1. The first kappa shape index (κ1) is 25.0. The lowest BCUT2D eigenvalue weighted by Gasteiger charge is -2.35. The molecule has 0 aliphatic carbocycles. The second-order valence-electron chi connectivity index (χ2n) is 8.53. The number of benzene rings is 1. The van der Waals surface area contributed by atoms with Gasteiger partial charge in [-0.3, -0.25) is 4.90 Å². The highest BCUT2D eigenvalue weighted by atomic mass is 16.5. The third-order valence-corrected chi connectivity index (χ3v) is 6.06. The third kappa shape index (κ3) is 9.23. The molecule has 1 aromatic carbocycles. The Hall–Kier alpha value is -1.30. The molecule has 0 aromatic heterocycles. The highest BCUT2D eigenvalue weighted by Gasteiger charge is 2.19. The fraction of sp³-hybridized carbons (Fsp3) is 0.760. The molecule has 1 fully saturated rings. The fourth-order valence-electron chi connectivity index (χ4n) is 4.15. The van der Waals surface area contributed by atoms with Gasteiger partial charge in [-0.2, -0.15) is 0 Å². The molecule has 0 amide bonds. The van der Waals surface area contributed by atoms with E-state index in [0.717, 1.165) is 76.8 Å². The minimum absolute atomic E-state index is 0.773. The smallest absolute Gasteiger partial charge is 0.165 e. The van der Waals surface area contributed by atoms with Gasteiger partial charge in [0.25, 0.3) is 0 Å². The Kier molecular flexibility index (Phi) is 12.9. The molecule has 5 nitrogen and oxygen atoms in total. The van der Waals surface area contributed by atoms with Crippen molar-refractivity contribution in [1.82, 2.24) is 9.80 Å². The summed E-state index contributed by atoms with van der Waals surface area (Å²) in [6.07, 6.45) is 11.6. The third-order valence-electron chi connectivity index (χ3n) is 6.06. The highest BCUT2D eigenvalue weighted by Crippen LogP contribution is 2.32. The zero-order chi connectivity index (χ0) is 21.4.